The zero-order valence-electron chi connectivity index (χ0n) is 24.2. The number of ether oxygens (including phenoxy) is 3. The Morgan fingerprint density at radius 2 is 1.70 bits per heavy atom. The summed E-state index contributed by atoms with van der Waals surface area (Å²) >= 11 is 0. The van der Waals surface area contributed by atoms with Crippen molar-refractivity contribution in [3.8, 4) is 0 Å². The average Bonchev–Trinajstić information content (AvgIpc) is 3.73. The van der Waals surface area contributed by atoms with Crippen LogP contribution in [0.3, 0.4) is 0 Å². The number of nitrogens with zero attached hydrogens (tertiary/aromatic N) is 2. The van der Waals surface area contributed by atoms with Gasteiger partial charge in [0.1, 0.15) is 6.23 Å². The molecule has 0 aliphatic carbocycles. The van der Waals surface area contributed by atoms with Crippen LogP contribution in [0.1, 0.15) is 54.8 Å². The molecular formula is C34H31N3O7. The summed E-state index contributed by atoms with van der Waals surface area (Å²) in [6.45, 7) is 5.88. The first kappa shape index (κ1) is 26.9. The lowest BCUT2D eigenvalue weighted by Gasteiger charge is -2.37. The minimum absolute atomic E-state index is 0.0374. The van der Waals surface area contributed by atoms with E-state index in [9.17, 15) is 19.5 Å². The molecule has 3 aromatic carbocycles. The summed E-state index contributed by atoms with van der Waals surface area (Å²) in [5.41, 5.74) is 1.35. The summed E-state index contributed by atoms with van der Waals surface area (Å²) in [6, 6.07) is 15.7. The molecule has 3 aliphatic rings. The van der Waals surface area contributed by atoms with Gasteiger partial charge in [0.15, 0.2) is 5.72 Å². The predicted molar refractivity (Wildman–Crippen MR) is 163 cm³/mol. The number of esters is 2. The molecule has 1 saturated heterocycles. The van der Waals surface area contributed by atoms with Crippen LogP contribution in [0, 0.1) is 0 Å². The fourth-order valence-electron chi connectivity index (χ4n) is 7.62. The highest BCUT2D eigenvalue weighted by Crippen LogP contribution is 2.57. The minimum Gasteiger partial charge on any atom is -0.463 e. The lowest BCUT2D eigenvalue weighted by molar-refractivity contribution is -0.204. The van der Waals surface area contributed by atoms with E-state index < -0.39 is 29.5 Å². The zero-order chi connectivity index (χ0) is 30.4. The van der Waals surface area contributed by atoms with E-state index in [1.807, 2.05) is 53.1 Å². The highest BCUT2D eigenvalue weighted by Gasteiger charge is 2.66. The smallest absolute Gasteiger partial charge is 0.343 e. The molecule has 3 atom stereocenters. The monoisotopic (exact) mass is 593 g/mol. The SMILES string of the molecule is C=CC(=O)OCCCCCOC(=O)[C@@]1(O)CC2O[C@]1(C)n1c3ccccc3c3c4c(c5c6ccccc6n2c5c31)C(=O)NC4. The number of aromatic nitrogens is 2. The largest absolute Gasteiger partial charge is 0.463 e. The lowest BCUT2D eigenvalue weighted by atomic mass is 9.88. The highest BCUT2D eigenvalue weighted by molar-refractivity contribution is 6.31. The second kappa shape index (κ2) is 9.41. The third-order valence-corrected chi connectivity index (χ3v) is 9.60. The molecule has 1 unspecified atom stereocenters. The van der Waals surface area contributed by atoms with Gasteiger partial charge in [0, 0.05) is 40.6 Å². The van der Waals surface area contributed by atoms with E-state index >= 15 is 0 Å². The molecule has 5 aromatic rings. The number of benzene rings is 3. The van der Waals surface area contributed by atoms with E-state index in [1.165, 1.54) is 0 Å². The number of aliphatic hydroxyl groups is 1. The van der Waals surface area contributed by atoms with Crippen LogP contribution < -0.4 is 5.32 Å². The highest BCUT2D eigenvalue weighted by atomic mass is 16.6. The Labute approximate surface area is 251 Å². The molecule has 44 heavy (non-hydrogen) atoms. The Morgan fingerprint density at radius 3 is 2.45 bits per heavy atom. The van der Waals surface area contributed by atoms with Crippen LogP contribution in [-0.4, -0.2) is 50.9 Å². The first-order chi connectivity index (χ1) is 21.3. The first-order valence-corrected chi connectivity index (χ1v) is 15.0. The van der Waals surface area contributed by atoms with E-state index in [1.54, 1.807) is 6.92 Å². The van der Waals surface area contributed by atoms with E-state index in [-0.39, 0.29) is 25.5 Å². The maximum Gasteiger partial charge on any atom is 0.343 e. The Kier molecular flexibility index (Phi) is 5.76. The molecule has 0 radical (unpaired) electrons. The number of fused-ring (bicyclic) bond motifs is 13. The summed E-state index contributed by atoms with van der Waals surface area (Å²) < 4.78 is 21.6. The topological polar surface area (TPSA) is 121 Å². The average molecular weight is 594 g/mol. The maximum absolute atomic E-state index is 13.9. The summed E-state index contributed by atoms with van der Waals surface area (Å²) in [4.78, 5) is 38.5. The van der Waals surface area contributed by atoms with Gasteiger partial charge in [-0.1, -0.05) is 43.0 Å². The van der Waals surface area contributed by atoms with Crippen LogP contribution in [0.25, 0.3) is 43.6 Å². The molecule has 2 aromatic heterocycles. The van der Waals surface area contributed by atoms with Gasteiger partial charge in [-0.2, -0.15) is 0 Å². The zero-order valence-corrected chi connectivity index (χ0v) is 24.2. The Balaban J connectivity index is 1.28. The van der Waals surface area contributed by atoms with Crippen molar-refractivity contribution in [2.45, 2.75) is 56.7 Å². The Bertz CT molecular complexity index is 2090. The maximum atomic E-state index is 13.9. The normalized spacial score (nSPS) is 23.4. The van der Waals surface area contributed by atoms with Crippen molar-refractivity contribution >= 4 is 61.5 Å². The molecule has 10 nitrogen and oxygen atoms in total. The summed E-state index contributed by atoms with van der Waals surface area (Å²) in [5, 5.41) is 19.1. The second-order valence-corrected chi connectivity index (χ2v) is 11.9. The number of hydrogen-bond donors (Lipinski definition) is 2. The number of hydrogen-bond acceptors (Lipinski definition) is 7. The minimum atomic E-state index is -2.02. The van der Waals surface area contributed by atoms with Crippen LogP contribution in [0.2, 0.25) is 0 Å². The van der Waals surface area contributed by atoms with Crippen molar-refractivity contribution in [3.05, 3.63) is 72.3 Å². The molecular weight excluding hydrogens is 562 g/mol. The van der Waals surface area contributed by atoms with Gasteiger partial charge in [0.25, 0.3) is 5.91 Å². The molecule has 10 heteroatoms. The van der Waals surface area contributed by atoms with Gasteiger partial charge < -0.3 is 33.8 Å². The van der Waals surface area contributed by atoms with Crippen molar-refractivity contribution in [1.82, 2.24) is 14.5 Å². The Hall–Kier alpha value is -4.67. The third-order valence-electron chi connectivity index (χ3n) is 9.60. The number of amides is 1. The number of carbonyl (C=O) groups is 3. The van der Waals surface area contributed by atoms with Gasteiger partial charge >= 0.3 is 11.9 Å². The molecule has 5 heterocycles. The second-order valence-electron chi connectivity index (χ2n) is 11.9. The predicted octanol–water partition coefficient (Wildman–Crippen LogP) is 4.92. The van der Waals surface area contributed by atoms with E-state index in [0.29, 0.717) is 31.4 Å². The standard InChI is InChI=1S/C34H31N3O7/c1-3-25(38)42-15-9-4-10-16-43-32(40)34(41)17-24-36-22-13-7-5-11-19(22)27-28-21(18-35-31(28)39)26-20-12-6-8-14-23(20)37(30(26)29(27)36)33(34,2)44-24/h3,5-8,11-14,24,41H,1,4,9-10,15-18H2,2H3,(H,35,39)/t24?,33-,34-/m0/s1. The van der Waals surface area contributed by atoms with Crippen molar-refractivity contribution in [3.63, 3.8) is 0 Å². The number of rotatable bonds is 8. The van der Waals surface area contributed by atoms with Gasteiger partial charge in [-0.25, -0.2) is 9.59 Å². The van der Waals surface area contributed by atoms with Gasteiger partial charge in [-0.15, -0.1) is 0 Å². The molecule has 0 spiro atoms. The summed E-state index contributed by atoms with van der Waals surface area (Å²) in [6.07, 6.45) is 2.22. The van der Waals surface area contributed by atoms with Crippen molar-refractivity contribution < 1.29 is 33.7 Å². The van der Waals surface area contributed by atoms with Gasteiger partial charge in [0.2, 0.25) is 5.60 Å². The molecule has 2 N–H and O–H groups in total. The van der Waals surface area contributed by atoms with Crippen molar-refractivity contribution in [2.75, 3.05) is 13.2 Å². The summed E-state index contributed by atoms with van der Waals surface area (Å²) in [5.74, 6) is -1.33. The number of nitrogens with one attached hydrogen (secondary N) is 1. The number of carbonyl (C=O) groups excluding carboxylic acids is 3. The van der Waals surface area contributed by atoms with Crippen LogP contribution >= 0.6 is 0 Å². The van der Waals surface area contributed by atoms with Gasteiger partial charge in [-0.3, -0.25) is 4.79 Å². The summed E-state index contributed by atoms with van der Waals surface area (Å²) in [7, 11) is 0. The van der Waals surface area contributed by atoms with Crippen molar-refractivity contribution in [2.24, 2.45) is 0 Å². The van der Waals surface area contributed by atoms with Crippen LogP contribution in [0.4, 0.5) is 0 Å². The van der Waals surface area contributed by atoms with Crippen LogP contribution in [-0.2, 0) is 36.1 Å². The molecule has 1 amide bonds. The molecule has 3 aliphatic heterocycles. The van der Waals surface area contributed by atoms with Gasteiger partial charge in [-0.05, 0) is 43.9 Å². The lowest BCUT2D eigenvalue weighted by Crippen LogP contribution is -2.56. The van der Waals surface area contributed by atoms with E-state index in [4.69, 9.17) is 14.2 Å². The Morgan fingerprint density at radius 1 is 1.02 bits per heavy atom. The van der Waals surface area contributed by atoms with Crippen LogP contribution in [0.5, 0.6) is 0 Å². The number of unbranched alkanes of at least 4 members (excludes halogenated alkanes) is 2. The fourth-order valence-corrected chi connectivity index (χ4v) is 7.62. The first-order valence-electron chi connectivity index (χ1n) is 15.0. The van der Waals surface area contributed by atoms with E-state index in [2.05, 4.69) is 16.5 Å². The molecule has 8 rings (SSSR count). The molecule has 0 saturated carbocycles. The molecule has 1 fully saturated rings. The number of para-hydroxylation sites is 2. The molecule has 2 bridgehead atoms. The van der Waals surface area contributed by atoms with Crippen LogP contribution in [0.15, 0.2) is 61.2 Å². The van der Waals surface area contributed by atoms with E-state index in [0.717, 1.165) is 55.3 Å². The molecule has 224 valence electrons. The third kappa shape index (κ3) is 3.35. The fraction of sp³-hybridized carbons (Fsp3) is 0.324. The van der Waals surface area contributed by atoms with Gasteiger partial charge in [0.05, 0.1) is 40.8 Å². The van der Waals surface area contributed by atoms with Crippen molar-refractivity contribution in [1.29, 1.82) is 0 Å². The quantitative estimate of drug-likeness (QED) is 0.149.